The van der Waals surface area contributed by atoms with Crippen molar-refractivity contribution in [2.75, 3.05) is 13.1 Å². The molecule has 3 rings (SSSR count). The fourth-order valence-corrected chi connectivity index (χ4v) is 3.65. The van der Waals surface area contributed by atoms with Gasteiger partial charge in [0.05, 0.1) is 12.1 Å². The molecular weight excluding hydrogens is 356 g/mol. The van der Waals surface area contributed by atoms with Gasteiger partial charge in [0.2, 0.25) is 0 Å². The number of carbonyl (C=O) groups excluding carboxylic acids is 1. The SMILES string of the molecule is CCN(CC(=O)O)C1CC(NC(=O)c2cc(Cc3ccccc3)ccc2O)C1. The van der Waals surface area contributed by atoms with Crippen LogP contribution in [-0.2, 0) is 11.2 Å². The van der Waals surface area contributed by atoms with Gasteiger partial charge in [0.1, 0.15) is 5.75 Å². The van der Waals surface area contributed by atoms with Crippen LogP contribution < -0.4 is 5.32 Å². The molecule has 148 valence electrons. The highest BCUT2D eigenvalue weighted by molar-refractivity contribution is 5.97. The standard InChI is InChI=1S/C22H26N2O4/c1-2-24(14-21(26)27)18-12-17(13-18)23-22(28)19-11-16(8-9-20(19)25)10-15-6-4-3-5-7-15/h3-9,11,17-18,25H,2,10,12-14H2,1H3,(H,23,28)(H,26,27). The van der Waals surface area contributed by atoms with Crippen molar-refractivity contribution in [2.45, 2.75) is 38.3 Å². The Labute approximate surface area is 164 Å². The van der Waals surface area contributed by atoms with Gasteiger partial charge in [-0.2, -0.15) is 0 Å². The first kappa shape index (κ1) is 19.9. The zero-order valence-corrected chi connectivity index (χ0v) is 16.0. The summed E-state index contributed by atoms with van der Waals surface area (Å²) < 4.78 is 0. The van der Waals surface area contributed by atoms with E-state index in [4.69, 9.17) is 5.11 Å². The van der Waals surface area contributed by atoms with Crippen molar-refractivity contribution in [2.24, 2.45) is 0 Å². The van der Waals surface area contributed by atoms with Gasteiger partial charge in [-0.25, -0.2) is 0 Å². The molecule has 1 fully saturated rings. The van der Waals surface area contributed by atoms with Crippen LogP contribution in [0, 0.1) is 0 Å². The number of carbonyl (C=O) groups is 2. The van der Waals surface area contributed by atoms with Crippen LogP contribution in [0.4, 0.5) is 0 Å². The van der Waals surface area contributed by atoms with E-state index < -0.39 is 5.97 Å². The number of nitrogens with one attached hydrogen (secondary N) is 1. The van der Waals surface area contributed by atoms with E-state index in [9.17, 15) is 14.7 Å². The molecule has 28 heavy (non-hydrogen) atoms. The maximum absolute atomic E-state index is 12.6. The molecule has 0 radical (unpaired) electrons. The third-order valence-electron chi connectivity index (χ3n) is 5.27. The Morgan fingerprint density at radius 1 is 1.11 bits per heavy atom. The second-order valence-electron chi connectivity index (χ2n) is 7.27. The average molecular weight is 382 g/mol. The van der Waals surface area contributed by atoms with Gasteiger partial charge in [0.25, 0.3) is 5.91 Å². The van der Waals surface area contributed by atoms with Crippen molar-refractivity contribution < 1.29 is 19.8 Å². The quantitative estimate of drug-likeness (QED) is 0.653. The molecule has 3 N–H and O–H groups in total. The first-order valence-electron chi connectivity index (χ1n) is 9.58. The van der Waals surface area contributed by atoms with Gasteiger partial charge in [-0.1, -0.05) is 43.3 Å². The van der Waals surface area contributed by atoms with Crippen LogP contribution in [0.1, 0.15) is 41.3 Å². The van der Waals surface area contributed by atoms with Gasteiger partial charge in [-0.05, 0) is 49.1 Å². The van der Waals surface area contributed by atoms with Crippen molar-refractivity contribution in [3.63, 3.8) is 0 Å². The number of phenols is 1. The van der Waals surface area contributed by atoms with Gasteiger partial charge in [0.15, 0.2) is 0 Å². The Hall–Kier alpha value is -2.86. The maximum Gasteiger partial charge on any atom is 0.317 e. The molecule has 0 aliphatic heterocycles. The zero-order chi connectivity index (χ0) is 20.1. The largest absolute Gasteiger partial charge is 0.507 e. The molecule has 0 aromatic heterocycles. The van der Waals surface area contributed by atoms with Crippen LogP contribution in [0.15, 0.2) is 48.5 Å². The number of hydrogen-bond donors (Lipinski definition) is 3. The number of carboxylic acids is 1. The number of benzene rings is 2. The van der Waals surface area contributed by atoms with Gasteiger partial charge < -0.3 is 15.5 Å². The summed E-state index contributed by atoms with van der Waals surface area (Å²) in [5, 5.41) is 22.0. The fourth-order valence-electron chi connectivity index (χ4n) is 3.65. The van der Waals surface area contributed by atoms with Crippen LogP contribution >= 0.6 is 0 Å². The normalized spacial score (nSPS) is 18.5. The minimum absolute atomic E-state index is 0.00229. The molecule has 6 heteroatoms. The summed E-state index contributed by atoms with van der Waals surface area (Å²) in [6.45, 7) is 2.62. The molecule has 0 spiro atoms. The predicted octanol–water partition coefficient (Wildman–Crippen LogP) is 2.65. The molecule has 1 aliphatic rings. The van der Waals surface area contributed by atoms with E-state index in [0.717, 1.165) is 24.0 Å². The first-order chi connectivity index (χ1) is 13.5. The molecule has 0 saturated heterocycles. The lowest BCUT2D eigenvalue weighted by Crippen LogP contribution is -2.54. The highest BCUT2D eigenvalue weighted by Crippen LogP contribution is 2.27. The molecule has 0 heterocycles. The number of nitrogens with zero attached hydrogens (tertiary/aromatic N) is 1. The fraction of sp³-hybridized carbons (Fsp3) is 0.364. The van der Waals surface area contributed by atoms with E-state index in [1.165, 1.54) is 0 Å². The highest BCUT2D eigenvalue weighted by Gasteiger charge is 2.35. The summed E-state index contributed by atoms with van der Waals surface area (Å²) >= 11 is 0. The summed E-state index contributed by atoms with van der Waals surface area (Å²) in [6.07, 6.45) is 2.13. The molecule has 2 aromatic carbocycles. The first-order valence-corrected chi connectivity index (χ1v) is 9.58. The van der Waals surface area contributed by atoms with E-state index in [2.05, 4.69) is 5.32 Å². The van der Waals surface area contributed by atoms with E-state index in [1.54, 1.807) is 12.1 Å². The van der Waals surface area contributed by atoms with Crippen LogP contribution in [-0.4, -0.2) is 52.2 Å². The number of hydrogen-bond acceptors (Lipinski definition) is 4. The van der Waals surface area contributed by atoms with Crippen molar-refractivity contribution in [3.05, 3.63) is 65.2 Å². The minimum atomic E-state index is -0.838. The molecule has 0 atom stereocenters. The van der Waals surface area contributed by atoms with Crippen LogP contribution in [0.2, 0.25) is 0 Å². The highest BCUT2D eigenvalue weighted by atomic mass is 16.4. The number of aliphatic carboxylic acids is 1. The Bertz CT molecular complexity index is 832. The van der Waals surface area contributed by atoms with Crippen LogP contribution in [0.3, 0.4) is 0 Å². The van der Waals surface area contributed by atoms with E-state index >= 15 is 0 Å². The number of rotatable bonds is 8. The number of amides is 1. The van der Waals surface area contributed by atoms with Crippen LogP contribution in [0.5, 0.6) is 5.75 Å². The predicted molar refractivity (Wildman–Crippen MR) is 107 cm³/mol. The summed E-state index contributed by atoms with van der Waals surface area (Å²) in [7, 11) is 0. The van der Waals surface area contributed by atoms with E-state index in [-0.39, 0.29) is 35.8 Å². The van der Waals surface area contributed by atoms with Gasteiger partial charge >= 0.3 is 5.97 Å². The summed E-state index contributed by atoms with van der Waals surface area (Å²) in [5.41, 5.74) is 2.37. The maximum atomic E-state index is 12.6. The lowest BCUT2D eigenvalue weighted by atomic mass is 9.85. The lowest BCUT2D eigenvalue weighted by Gasteiger charge is -2.42. The van der Waals surface area contributed by atoms with Crippen molar-refractivity contribution in [1.29, 1.82) is 0 Å². The van der Waals surface area contributed by atoms with Gasteiger partial charge in [-0.15, -0.1) is 0 Å². The molecule has 1 amide bonds. The van der Waals surface area contributed by atoms with E-state index in [1.807, 2.05) is 48.2 Å². The number of likely N-dealkylation sites (N-methyl/N-ethyl adjacent to an activating group) is 1. The summed E-state index contributed by atoms with van der Waals surface area (Å²) in [6, 6.07) is 15.2. The van der Waals surface area contributed by atoms with Crippen molar-refractivity contribution in [3.8, 4) is 5.75 Å². The van der Waals surface area contributed by atoms with Gasteiger partial charge in [-0.3, -0.25) is 14.5 Å². The molecule has 0 unspecified atom stereocenters. The minimum Gasteiger partial charge on any atom is -0.507 e. The molecule has 1 aliphatic carbocycles. The molecule has 6 nitrogen and oxygen atoms in total. The Balaban J connectivity index is 1.59. The summed E-state index contributed by atoms with van der Waals surface area (Å²) in [4.78, 5) is 25.4. The Morgan fingerprint density at radius 2 is 1.82 bits per heavy atom. The molecular formula is C22H26N2O4. The number of aromatic hydroxyl groups is 1. The number of phenolic OH excluding ortho intramolecular Hbond substituents is 1. The molecule has 2 aromatic rings. The monoisotopic (exact) mass is 382 g/mol. The second kappa shape index (κ2) is 8.89. The number of carboxylic acid groups (broad SMARTS) is 1. The lowest BCUT2D eigenvalue weighted by molar-refractivity contribution is -0.139. The molecule has 0 bridgehead atoms. The third kappa shape index (κ3) is 4.89. The third-order valence-corrected chi connectivity index (χ3v) is 5.27. The van der Waals surface area contributed by atoms with Crippen LogP contribution in [0.25, 0.3) is 0 Å². The smallest absolute Gasteiger partial charge is 0.317 e. The van der Waals surface area contributed by atoms with Gasteiger partial charge in [0, 0.05) is 12.1 Å². The second-order valence-corrected chi connectivity index (χ2v) is 7.27. The summed E-state index contributed by atoms with van der Waals surface area (Å²) in [5.74, 6) is -1.17. The molecule has 1 saturated carbocycles. The van der Waals surface area contributed by atoms with Crippen molar-refractivity contribution >= 4 is 11.9 Å². The van der Waals surface area contributed by atoms with E-state index in [0.29, 0.717) is 13.0 Å². The zero-order valence-electron chi connectivity index (χ0n) is 16.0. The van der Waals surface area contributed by atoms with Crippen molar-refractivity contribution in [1.82, 2.24) is 10.2 Å². The topological polar surface area (TPSA) is 89.9 Å². The Morgan fingerprint density at radius 3 is 2.46 bits per heavy atom. The average Bonchev–Trinajstić information content (AvgIpc) is 2.64. The Kier molecular flexibility index (Phi) is 6.31.